The maximum absolute atomic E-state index is 11.9. The van der Waals surface area contributed by atoms with Crippen LogP contribution in [0, 0.1) is 12.3 Å². The summed E-state index contributed by atoms with van der Waals surface area (Å²) in [6, 6.07) is 7.21. The van der Waals surface area contributed by atoms with Crippen LogP contribution < -0.4 is 4.74 Å². The average molecular weight is 273 g/mol. The molecule has 0 N–H and O–H groups in total. The normalized spacial score (nSPS) is 16.8. The number of benzene rings is 1. The Morgan fingerprint density at radius 2 is 2.05 bits per heavy atom. The fourth-order valence-electron chi connectivity index (χ4n) is 1.58. The van der Waals surface area contributed by atoms with Gasteiger partial charge in [0.15, 0.2) is 0 Å². The van der Waals surface area contributed by atoms with Crippen molar-refractivity contribution in [2.75, 3.05) is 13.7 Å². The number of imide groups is 1. The molecule has 2 amide bonds. The summed E-state index contributed by atoms with van der Waals surface area (Å²) in [7, 11) is 1.58. The number of amides is 2. The molecule has 19 heavy (non-hydrogen) atoms. The highest BCUT2D eigenvalue weighted by Crippen LogP contribution is 2.32. The molecule has 0 spiro atoms. The van der Waals surface area contributed by atoms with Crippen LogP contribution in [0.2, 0.25) is 0 Å². The van der Waals surface area contributed by atoms with Crippen molar-refractivity contribution >= 4 is 29.0 Å². The molecule has 0 saturated carbocycles. The molecule has 0 atom stereocenters. The largest absolute Gasteiger partial charge is 0.497 e. The Balaban J connectivity index is 2.22. The monoisotopic (exact) mass is 273 g/mol. The van der Waals surface area contributed by atoms with Crippen molar-refractivity contribution in [3.63, 3.8) is 0 Å². The van der Waals surface area contributed by atoms with E-state index in [-0.39, 0.29) is 17.7 Å². The van der Waals surface area contributed by atoms with E-state index in [9.17, 15) is 9.59 Å². The number of hydrogen-bond acceptors (Lipinski definition) is 4. The molecule has 1 saturated heterocycles. The Labute approximate surface area is 115 Å². The molecule has 4 nitrogen and oxygen atoms in total. The lowest BCUT2D eigenvalue weighted by molar-refractivity contribution is -0.122. The van der Waals surface area contributed by atoms with E-state index in [0.717, 1.165) is 28.0 Å². The van der Waals surface area contributed by atoms with Crippen LogP contribution in [-0.4, -0.2) is 29.7 Å². The molecule has 1 aromatic rings. The summed E-state index contributed by atoms with van der Waals surface area (Å²) in [5.41, 5.74) is 0.826. The quantitative estimate of drug-likeness (QED) is 0.626. The van der Waals surface area contributed by atoms with Gasteiger partial charge < -0.3 is 4.74 Å². The molecule has 1 heterocycles. The van der Waals surface area contributed by atoms with Gasteiger partial charge in [-0.1, -0.05) is 18.1 Å². The third-order valence-corrected chi connectivity index (χ3v) is 3.44. The van der Waals surface area contributed by atoms with Crippen molar-refractivity contribution < 1.29 is 14.3 Å². The van der Waals surface area contributed by atoms with Gasteiger partial charge in [-0.05, 0) is 35.5 Å². The second kappa shape index (κ2) is 5.63. The second-order valence-corrected chi connectivity index (χ2v) is 4.74. The van der Waals surface area contributed by atoms with Crippen molar-refractivity contribution in [1.82, 2.24) is 4.90 Å². The van der Waals surface area contributed by atoms with Crippen LogP contribution in [0.5, 0.6) is 5.75 Å². The summed E-state index contributed by atoms with van der Waals surface area (Å²) in [4.78, 5) is 25.0. The third kappa shape index (κ3) is 2.80. The molecule has 2 rings (SSSR count). The van der Waals surface area contributed by atoms with Gasteiger partial charge >= 0.3 is 0 Å². The van der Waals surface area contributed by atoms with Gasteiger partial charge in [0.1, 0.15) is 5.75 Å². The van der Waals surface area contributed by atoms with E-state index in [1.54, 1.807) is 25.3 Å². The van der Waals surface area contributed by atoms with E-state index in [2.05, 4.69) is 5.92 Å². The second-order valence-electron chi connectivity index (χ2n) is 3.75. The number of terminal acetylenes is 1. The zero-order chi connectivity index (χ0) is 13.8. The van der Waals surface area contributed by atoms with Crippen LogP contribution in [0.3, 0.4) is 0 Å². The molecule has 1 aliphatic rings. The van der Waals surface area contributed by atoms with Crippen LogP contribution >= 0.6 is 11.8 Å². The van der Waals surface area contributed by atoms with Crippen molar-refractivity contribution in [3.8, 4) is 18.1 Å². The van der Waals surface area contributed by atoms with Crippen molar-refractivity contribution in [1.29, 1.82) is 0 Å². The van der Waals surface area contributed by atoms with E-state index in [1.807, 2.05) is 12.1 Å². The number of methoxy groups -OCH3 is 1. The number of rotatable bonds is 3. The van der Waals surface area contributed by atoms with E-state index >= 15 is 0 Å². The Bertz CT molecular complexity index is 584. The van der Waals surface area contributed by atoms with E-state index in [4.69, 9.17) is 11.2 Å². The summed E-state index contributed by atoms with van der Waals surface area (Å²) in [6.07, 6.45) is 6.79. The molecule has 1 aliphatic heterocycles. The Hall–Kier alpha value is -2.19. The summed E-state index contributed by atoms with van der Waals surface area (Å²) >= 11 is 0.898. The molecular weight excluding hydrogens is 262 g/mol. The fraction of sp³-hybridized carbons (Fsp3) is 0.143. The van der Waals surface area contributed by atoms with Gasteiger partial charge in [-0.25, -0.2) is 0 Å². The van der Waals surface area contributed by atoms with Gasteiger partial charge in [0.25, 0.3) is 11.1 Å². The summed E-state index contributed by atoms with van der Waals surface area (Å²) in [6.45, 7) is 0.00458. The molecule has 0 unspecified atom stereocenters. The minimum Gasteiger partial charge on any atom is -0.497 e. The third-order valence-electron chi connectivity index (χ3n) is 2.54. The predicted molar refractivity (Wildman–Crippen MR) is 74.5 cm³/mol. The predicted octanol–water partition coefficient (Wildman–Crippen LogP) is 2.36. The van der Waals surface area contributed by atoms with Gasteiger partial charge in [0.05, 0.1) is 18.6 Å². The molecular formula is C14H11NO3S. The number of ether oxygens (including phenoxy) is 1. The van der Waals surface area contributed by atoms with Gasteiger partial charge in [-0.15, -0.1) is 6.42 Å². The van der Waals surface area contributed by atoms with E-state index < -0.39 is 0 Å². The lowest BCUT2D eigenvalue weighted by Gasteiger charge is -2.06. The Morgan fingerprint density at radius 1 is 1.37 bits per heavy atom. The van der Waals surface area contributed by atoms with Crippen LogP contribution in [0.4, 0.5) is 4.79 Å². The smallest absolute Gasteiger partial charge is 0.294 e. The van der Waals surface area contributed by atoms with Gasteiger partial charge in [-0.2, -0.15) is 0 Å². The molecule has 96 valence electrons. The van der Waals surface area contributed by atoms with Crippen LogP contribution in [0.25, 0.3) is 6.08 Å². The SMILES string of the molecule is C#CCN1C(=O)S/C(=C/c2ccc(OC)cc2)C1=O. The van der Waals surface area contributed by atoms with Crippen molar-refractivity contribution in [2.24, 2.45) is 0 Å². The van der Waals surface area contributed by atoms with Crippen LogP contribution in [0.15, 0.2) is 29.2 Å². The van der Waals surface area contributed by atoms with Crippen molar-refractivity contribution in [3.05, 3.63) is 34.7 Å². The molecule has 5 heteroatoms. The first-order valence-corrected chi connectivity index (χ1v) is 6.30. The highest BCUT2D eigenvalue weighted by atomic mass is 32.2. The average Bonchev–Trinajstić information content (AvgIpc) is 2.68. The topological polar surface area (TPSA) is 46.6 Å². The fourth-order valence-corrected chi connectivity index (χ4v) is 2.42. The number of hydrogen-bond donors (Lipinski definition) is 0. The van der Waals surface area contributed by atoms with Crippen LogP contribution in [0.1, 0.15) is 5.56 Å². The Morgan fingerprint density at radius 3 is 2.63 bits per heavy atom. The zero-order valence-corrected chi connectivity index (χ0v) is 11.1. The molecule has 0 radical (unpaired) electrons. The minimum absolute atomic E-state index is 0.00458. The van der Waals surface area contributed by atoms with Gasteiger partial charge in [-0.3, -0.25) is 14.5 Å². The summed E-state index contributed by atoms with van der Waals surface area (Å²) in [5, 5.41) is -0.331. The maximum atomic E-state index is 11.9. The van der Waals surface area contributed by atoms with Gasteiger partial charge in [0, 0.05) is 0 Å². The van der Waals surface area contributed by atoms with Crippen molar-refractivity contribution in [2.45, 2.75) is 0 Å². The Kier molecular flexibility index (Phi) is 3.93. The lowest BCUT2D eigenvalue weighted by atomic mass is 10.2. The molecule has 1 fully saturated rings. The standard InChI is InChI=1S/C14H11NO3S/c1-3-8-15-13(16)12(19-14(15)17)9-10-4-6-11(18-2)7-5-10/h1,4-7,9H,8H2,2H3/b12-9+. The molecule has 0 aliphatic carbocycles. The number of thioether (sulfide) groups is 1. The molecule has 0 bridgehead atoms. The summed E-state index contributed by atoms with van der Waals surface area (Å²) < 4.78 is 5.05. The zero-order valence-electron chi connectivity index (χ0n) is 10.3. The first-order chi connectivity index (χ1) is 9.15. The maximum Gasteiger partial charge on any atom is 0.294 e. The highest BCUT2D eigenvalue weighted by molar-refractivity contribution is 8.18. The first-order valence-electron chi connectivity index (χ1n) is 5.48. The number of carbonyl (C=O) groups is 2. The first kappa shape index (κ1) is 13.2. The lowest BCUT2D eigenvalue weighted by Crippen LogP contribution is -2.28. The van der Waals surface area contributed by atoms with Gasteiger partial charge in [0.2, 0.25) is 0 Å². The minimum atomic E-state index is -0.344. The highest BCUT2D eigenvalue weighted by Gasteiger charge is 2.34. The molecule has 0 aromatic heterocycles. The number of nitrogens with zero attached hydrogens (tertiary/aromatic N) is 1. The van der Waals surface area contributed by atoms with Crippen LogP contribution in [-0.2, 0) is 4.79 Å². The van der Waals surface area contributed by atoms with E-state index in [0.29, 0.717) is 4.91 Å². The molecule has 1 aromatic carbocycles. The number of carbonyl (C=O) groups excluding carboxylic acids is 2. The van der Waals surface area contributed by atoms with E-state index in [1.165, 1.54) is 0 Å². The summed E-state index contributed by atoms with van der Waals surface area (Å²) in [5.74, 6) is 2.69.